The normalized spacial score (nSPS) is 10.6. The van der Waals surface area contributed by atoms with Gasteiger partial charge < -0.3 is 16.0 Å². The summed E-state index contributed by atoms with van der Waals surface area (Å²) in [5.41, 5.74) is 6.85. The Kier molecular flexibility index (Phi) is 3.86. The Bertz CT molecular complexity index is 810. The highest BCUT2D eigenvalue weighted by Crippen LogP contribution is 2.18. The van der Waals surface area contributed by atoms with Crippen molar-refractivity contribution >= 4 is 23.2 Å². The van der Waals surface area contributed by atoms with Crippen molar-refractivity contribution in [1.82, 2.24) is 24.7 Å². The molecule has 112 valence electrons. The van der Waals surface area contributed by atoms with Gasteiger partial charge in [-0.3, -0.25) is 4.79 Å². The van der Waals surface area contributed by atoms with E-state index in [1.165, 1.54) is 17.2 Å². The van der Waals surface area contributed by atoms with Crippen LogP contribution >= 0.6 is 11.6 Å². The second kappa shape index (κ2) is 5.96. The lowest BCUT2D eigenvalue weighted by atomic mass is 10.3. The van der Waals surface area contributed by atoms with E-state index in [-0.39, 0.29) is 18.1 Å². The minimum absolute atomic E-state index is 0.200. The predicted octanol–water partition coefficient (Wildman–Crippen LogP) is 1.35. The largest absolute Gasteiger partial charge is 0.347 e. The molecular weight excluding hydrogens is 306 g/mol. The van der Waals surface area contributed by atoms with Crippen molar-refractivity contribution in [2.24, 2.45) is 5.73 Å². The van der Waals surface area contributed by atoms with Gasteiger partial charge in [-0.05, 0) is 12.1 Å². The number of carbonyl (C=O) groups excluding carboxylic acids is 1. The van der Waals surface area contributed by atoms with Crippen LogP contribution in [0.4, 0.5) is 5.69 Å². The van der Waals surface area contributed by atoms with Crippen molar-refractivity contribution in [2.75, 3.05) is 5.32 Å². The Morgan fingerprint density at radius 2 is 2.32 bits per heavy atom. The van der Waals surface area contributed by atoms with Gasteiger partial charge in [-0.1, -0.05) is 11.6 Å². The van der Waals surface area contributed by atoms with Crippen molar-refractivity contribution in [3.05, 3.63) is 53.5 Å². The zero-order chi connectivity index (χ0) is 15.5. The molecule has 0 fully saturated rings. The lowest BCUT2D eigenvalue weighted by Gasteiger charge is -2.02. The molecule has 22 heavy (non-hydrogen) atoms. The Morgan fingerprint density at radius 3 is 3.09 bits per heavy atom. The first-order chi connectivity index (χ1) is 10.7. The van der Waals surface area contributed by atoms with Crippen LogP contribution in [-0.2, 0) is 6.54 Å². The quantitative estimate of drug-likeness (QED) is 0.672. The molecule has 0 aliphatic heterocycles. The number of hydrogen-bond acceptors (Lipinski definition) is 5. The predicted molar refractivity (Wildman–Crippen MR) is 80.8 cm³/mol. The number of aromatic nitrogens is 5. The number of nitrogens with zero attached hydrogens (tertiary/aromatic N) is 4. The van der Waals surface area contributed by atoms with Crippen LogP contribution in [0, 0.1) is 0 Å². The molecule has 0 saturated heterocycles. The minimum Gasteiger partial charge on any atom is -0.347 e. The molecule has 0 bridgehead atoms. The molecule has 3 heterocycles. The monoisotopic (exact) mass is 317 g/mol. The molecule has 3 rings (SSSR count). The summed E-state index contributed by atoms with van der Waals surface area (Å²) in [5.74, 6) is 0.112. The minimum atomic E-state index is -0.367. The summed E-state index contributed by atoms with van der Waals surface area (Å²) in [5, 5.41) is 7.28. The highest BCUT2D eigenvalue weighted by atomic mass is 35.5. The van der Waals surface area contributed by atoms with Gasteiger partial charge in [0.25, 0.3) is 5.91 Å². The molecule has 1 amide bonds. The van der Waals surface area contributed by atoms with E-state index in [0.29, 0.717) is 22.2 Å². The number of rotatable bonds is 4. The van der Waals surface area contributed by atoms with Crippen LogP contribution < -0.4 is 11.1 Å². The summed E-state index contributed by atoms with van der Waals surface area (Å²) < 4.78 is 1.48. The Balaban J connectivity index is 1.80. The van der Waals surface area contributed by atoms with Gasteiger partial charge in [-0.2, -0.15) is 5.10 Å². The zero-order valence-corrected chi connectivity index (χ0v) is 12.1. The number of nitrogens with one attached hydrogen (secondary N) is 2. The van der Waals surface area contributed by atoms with Gasteiger partial charge in [0.05, 0.1) is 35.1 Å². The van der Waals surface area contributed by atoms with Crippen LogP contribution in [0.2, 0.25) is 5.02 Å². The summed E-state index contributed by atoms with van der Waals surface area (Å²) in [4.78, 5) is 23.0. The molecule has 0 spiro atoms. The number of anilines is 1. The van der Waals surface area contributed by atoms with Gasteiger partial charge in [-0.15, -0.1) is 0 Å². The van der Waals surface area contributed by atoms with E-state index in [2.05, 4.69) is 25.4 Å². The SMILES string of the molecule is NCc1[nH]cnc1C(=O)Nc1cnn(-c2ncccc2Cl)c1. The number of amides is 1. The zero-order valence-electron chi connectivity index (χ0n) is 11.3. The number of aromatic amines is 1. The number of halogens is 1. The van der Waals surface area contributed by atoms with Crippen LogP contribution in [0.25, 0.3) is 5.82 Å². The number of H-pyrrole nitrogens is 1. The van der Waals surface area contributed by atoms with Gasteiger partial charge in [0.15, 0.2) is 11.5 Å². The van der Waals surface area contributed by atoms with Crippen molar-refractivity contribution < 1.29 is 4.79 Å². The number of carbonyl (C=O) groups is 1. The molecule has 0 aliphatic rings. The van der Waals surface area contributed by atoms with E-state index in [1.807, 2.05) is 0 Å². The number of nitrogens with two attached hydrogens (primary N) is 1. The van der Waals surface area contributed by atoms with Crippen LogP contribution in [0.15, 0.2) is 37.1 Å². The first kappa shape index (κ1) is 14.2. The van der Waals surface area contributed by atoms with Crippen molar-refractivity contribution in [2.45, 2.75) is 6.54 Å². The topological polar surface area (TPSA) is 115 Å². The summed E-state index contributed by atoms with van der Waals surface area (Å²) >= 11 is 6.06. The fraction of sp³-hybridized carbons (Fsp3) is 0.0769. The summed E-state index contributed by atoms with van der Waals surface area (Å²) in [7, 11) is 0. The van der Waals surface area contributed by atoms with Crippen LogP contribution in [-0.4, -0.2) is 30.6 Å². The highest BCUT2D eigenvalue weighted by Gasteiger charge is 2.15. The van der Waals surface area contributed by atoms with E-state index >= 15 is 0 Å². The molecule has 0 saturated carbocycles. The van der Waals surface area contributed by atoms with Gasteiger partial charge >= 0.3 is 0 Å². The highest BCUT2D eigenvalue weighted by molar-refractivity contribution is 6.32. The molecule has 8 nitrogen and oxygen atoms in total. The van der Waals surface area contributed by atoms with Crippen molar-refractivity contribution in [1.29, 1.82) is 0 Å². The van der Waals surface area contributed by atoms with E-state index in [4.69, 9.17) is 17.3 Å². The second-order valence-electron chi connectivity index (χ2n) is 4.37. The Labute approximate surface area is 130 Å². The first-order valence-corrected chi connectivity index (χ1v) is 6.76. The van der Waals surface area contributed by atoms with E-state index in [9.17, 15) is 4.79 Å². The molecule has 3 aromatic heterocycles. The lowest BCUT2D eigenvalue weighted by Crippen LogP contribution is -2.15. The maximum Gasteiger partial charge on any atom is 0.276 e. The third-order valence-corrected chi connectivity index (χ3v) is 3.23. The fourth-order valence-corrected chi connectivity index (χ4v) is 2.12. The molecule has 0 aliphatic carbocycles. The maximum absolute atomic E-state index is 12.1. The van der Waals surface area contributed by atoms with Gasteiger partial charge in [0.2, 0.25) is 0 Å². The van der Waals surface area contributed by atoms with E-state index in [1.54, 1.807) is 24.5 Å². The number of imidazole rings is 1. The summed E-state index contributed by atoms with van der Waals surface area (Å²) in [6, 6.07) is 3.44. The van der Waals surface area contributed by atoms with Crippen LogP contribution in [0.5, 0.6) is 0 Å². The third-order valence-electron chi connectivity index (χ3n) is 2.93. The molecule has 0 unspecified atom stereocenters. The summed E-state index contributed by atoms with van der Waals surface area (Å²) in [6.07, 6.45) is 6.14. The van der Waals surface area contributed by atoms with Crippen LogP contribution in [0.1, 0.15) is 16.2 Å². The second-order valence-corrected chi connectivity index (χ2v) is 4.78. The standard InChI is InChI=1S/C13H12ClN7O/c14-9-2-1-3-16-12(9)21-6-8(5-19-21)20-13(22)11-10(4-15)17-7-18-11/h1-3,5-7H,4,15H2,(H,17,18)(H,20,22). The maximum atomic E-state index is 12.1. The molecular formula is C13H12ClN7O. The van der Waals surface area contributed by atoms with Crippen molar-refractivity contribution in [3.63, 3.8) is 0 Å². The van der Waals surface area contributed by atoms with Gasteiger partial charge in [0.1, 0.15) is 0 Å². The molecule has 0 aromatic carbocycles. The summed E-state index contributed by atoms with van der Waals surface area (Å²) in [6.45, 7) is 0.200. The van der Waals surface area contributed by atoms with Gasteiger partial charge in [0, 0.05) is 12.7 Å². The average molecular weight is 318 g/mol. The van der Waals surface area contributed by atoms with E-state index in [0.717, 1.165) is 0 Å². The molecule has 3 aromatic rings. The fourth-order valence-electron chi connectivity index (χ4n) is 1.91. The smallest absolute Gasteiger partial charge is 0.276 e. The van der Waals surface area contributed by atoms with E-state index < -0.39 is 0 Å². The number of hydrogen-bond donors (Lipinski definition) is 3. The van der Waals surface area contributed by atoms with Crippen LogP contribution in [0.3, 0.4) is 0 Å². The van der Waals surface area contributed by atoms with Crippen molar-refractivity contribution in [3.8, 4) is 5.82 Å². The number of pyridine rings is 1. The first-order valence-electron chi connectivity index (χ1n) is 6.38. The van der Waals surface area contributed by atoms with Gasteiger partial charge in [-0.25, -0.2) is 14.6 Å². The Hall–Kier alpha value is -2.71. The third kappa shape index (κ3) is 2.69. The molecule has 0 radical (unpaired) electrons. The molecule has 0 atom stereocenters. The lowest BCUT2D eigenvalue weighted by molar-refractivity contribution is 0.102. The molecule has 4 N–H and O–H groups in total. The molecule has 9 heteroatoms. The Morgan fingerprint density at radius 1 is 1.45 bits per heavy atom. The average Bonchev–Trinajstić information content (AvgIpc) is 3.16.